The molecule has 0 atom stereocenters. The van der Waals surface area contributed by atoms with Gasteiger partial charge in [0.25, 0.3) is 0 Å². The highest BCUT2D eigenvalue weighted by atomic mass is 32.2. The number of hydrogen-bond donors (Lipinski definition) is 1. The minimum atomic E-state index is -2.88. The van der Waals surface area contributed by atoms with Crippen molar-refractivity contribution in [1.29, 1.82) is 0 Å². The van der Waals surface area contributed by atoms with Crippen LogP contribution >= 0.6 is 0 Å². The molecule has 0 unspecified atom stereocenters. The quantitative estimate of drug-likeness (QED) is 0.846. The van der Waals surface area contributed by atoms with Crippen molar-refractivity contribution in [2.24, 2.45) is 0 Å². The van der Waals surface area contributed by atoms with Gasteiger partial charge >= 0.3 is 0 Å². The van der Waals surface area contributed by atoms with E-state index in [1.165, 1.54) is 6.33 Å². The van der Waals surface area contributed by atoms with Crippen molar-refractivity contribution in [1.82, 2.24) is 9.97 Å². The second-order valence-electron chi connectivity index (χ2n) is 4.45. The molecule has 0 aromatic carbocycles. The third-order valence-electron chi connectivity index (χ3n) is 3.10. The molecular weight excluding hydrogens is 252 g/mol. The summed E-state index contributed by atoms with van der Waals surface area (Å²) in [6.07, 6.45) is 3.20. The van der Waals surface area contributed by atoms with Crippen LogP contribution < -0.4 is 10.6 Å². The number of nitrogens with zero attached hydrogens (tertiary/aromatic N) is 3. The average molecular weight is 270 g/mol. The predicted octanol–water partition coefficient (Wildman–Crippen LogP) is 0.246. The Morgan fingerprint density at radius 3 is 2.61 bits per heavy atom. The number of sulfone groups is 1. The summed E-state index contributed by atoms with van der Waals surface area (Å²) in [5.74, 6) is 1.65. The molecule has 100 valence electrons. The Labute approximate surface area is 107 Å². The fourth-order valence-corrected chi connectivity index (χ4v) is 3.30. The Hall–Kier alpha value is -1.37. The second-order valence-corrected chi connectivity index (χ2v) is 6.75. The first-order valence-electron chi connectivity index (χ1n) is 6.08. The highest BCUT2D eigenvalue weighted by Crippen LogP contribution is 2.24. The summed E-state index contributed by atoms with van der Waals surface area (Å²) < 4.78 is 22.8. The van der Waals surface area contributed by atoms with E-state index in [9.17, 15) is 8.42 Å². The van der Waals surface area contributed by atoms with Crippen LogP contribution in [-0.4, -0.2) is 43.0 Å². The van der Waals surface area contributed by atoms with Crippen LogP contribution in [0.1, 0.15) is 18.9 Å². The molecule has 0 saturated carbocycles. The lowest BCUT2D eigenvalue weighted by atomic mass is 10.1. The van der Waals surface area contributed by atoms with E-state index in [2.05, 4.69) is 16.9 Å². The van der Waals surface area contributed by atoms with Crippen molar-refractivity contribution in [3.63, 3.8) is 0 Å². The number of nitrogens with two attached hydrogens (primary N) is 1. The molecule has 2 heterocycles. The van der Waals surface area contributed by atoms with E-state index >= 15 is 0 Å². The zero-order valence-corrected chi connectivity index (χ0v) is 11.3. The molecule has 18 heavy (non-hydrogen) atoms. The third kappa shape index (κ3) is 2.72. The Morgan fingerprint density at radius 2 is 2.00 bits per heavy atom. The monoisotopic (exact) mass is 270 g/mol. The van der Waals surface area contributed by atoms with E-state index in [0.717, 1.165) is 24.2 Å². The number of rotatable bonds is 3. The molecule has 2 rings (SSSR count). The third-order valence-corrected chi connectivity index (χ3v) is 4.71. The predicted molar refractivity (Wildman–Crippen MR) is 71.3 cm³/mol. The fourth-order valence-electron chi connectivity index (χ4n) is 2.10. The van der Waals surface area contributed by atoms with Gasteiger partial charge in [-0.3, -0.25) is 0 Å². The van der Waals surface area contributed by atoms with E-state index in [4.69, 9.17) is 5.73 Å². The summed E-state index contributed by atoms with van der Waals surface area (Å²) in [6.45, 7) is 3.03. The minimum absolute atomic E-state index is 0.183. The zero-order chi connectivity index (χ0) is 13.2. The summed E-state index contributed by atoms with van der Waals surface area (Å²) in [4.78, 5) is 10.3. The summed E-state index contributed by atoms with van der Waals surface area (Å²) in [6, 6.07) is 0. The first-order chi connectivity index (χ1) is 8.53. The van der Waals surface area contributed by atoms with Crippen LogP contribution in [0.25, 0.3) is 0 Å². The van der Waals surface area contributed by atoms with Crippen molar-refractivity contribution in [3.05, 3.63) is 11.9 Å². The molecule has 0 amide bonds. The molecule has 7 heteroatoms. The van der Waals surface area contributed by atoms with Crippen LogP contribution in [0.3, 0.4) is 0 Å². The normalized spacial score (nSPS) is 18.8. The number of aromatic nitrogens is 2. The maximum Gasteiger partial charge on any atom is 0.153 e. The van der Waals surface area contributed by atoms with Crippen molar-refractivity contribution >= 4 is 21.5 Å². The molecule has 1 aromatic heterocycles. The molecule has 0 aliphatic carbocycles. The lowest BCUT2D eigenvalue weighted by Crippen LogP contribution is -2.41. The Balaban J connectivity index is 2.26. The van der Waals surface area contributed by atoms with Gasteiger partial charge in [-0.05, 0) is 6.42 Å². The van der Waals surface area contributed by atoms with E-state index in [1.807, 2.05) is 4.90 Å². The smallest absolute Gasteiger partial charge is 0.153 e. The largest absolute Gasteiger partial charge is 0.383 e. The van der Waals surface area contributed by atoms with Crippen LogP contribution in [0.15, 0.2) is 6.33 Å². The van der Waals surface area contributed by atoms with Gasteiger partial charge in [0, 0.05) is 18.7 Å². The van der Waals surface area contributed by atoms with Crippen LogP contribution in [-0.2, 0) is 16.3 Å². The standard InChI is InChI=1S/C11H18N4O2S/c1-2-3-9-10(12)13-8-14-11(9)15-4-6-18(16,17)7-5-15/h8H,2-7H2,1H3,(H2,12,13,14). The van der Waals surface area contributed by atoms with Gasteiger partial charge in [0.15, 0.2) is 9.84 Å². The lowest BCUT2D eigenvalue weighted by molar-refractivity contribution is 0.586. The Bertz CT molecular complexity index is 516. The number of nitrogen functional groups attached to an aromatic ring is 1. The van der Waals surface area contributed by atoms with Gasteiger partial charge in [0.05, 0.1) is 11.5 Å². The maximum atomic E-state index is 11.4. The summed E-state index contributed by atoms with van der Waals surface area (Å²) in [7, 11) is -2.88. The lowest BCUT2D eigenvalue weighted by Gasteiger charge is -2.29. The zero-order valence-electron chi connectivity index (χ0n) is 10.5. The van der Waals surface area contributed by atoms with Crippen LogP contribution in [0.4, 0.5) is 11.6 Å². The van der Waals surface area contributed by atoms with Gasteiger partial charge in [-0.2, -0.15) is 0 Å². The highest BCUT2D eigenvalue weighted by Gasteiger charge is 2.24. The molecule has 6 nitrogen and oxygen atoms in total. The fraction of sp³-hybridized carbons (Fsp3) is 0.636. The first kappa shape index (κ1) is 13.1. The van der Waals surface area contributed by atoms with Gasteiger partial charge in [0.2, 0.25) is 0 Å². The SMILES string of the molecule is CCCc1c(N)ncnc1N1CCS(=O)(=O)CC1. The molecule has 1 saturated heterocycles. The summed E-state index contributed by atoms with van der Waals surface area (Å²) in [5, 5.41) is 0. The second kappa shape index (κ2) is 5.09. The molecule has 1 aliphatic rings. The summed E-state index contributed by atoms with van der Waals surface area (Å²) in [5.41, 5.74) is 6.80. The van der Waals surface area contributed by atoms with E-state index in [-0.39, 0.29) is 11.5 Å². The average Bonchev–Trinajstić information content (AvgIpc) is 2.32. The molecule has 1 fully saturated rings. The highest BCUT2D eigenvalue weighted by molar-refractivity contribution is 7.91. The van der Waals surface area contributed by atoms with Crippen LogP contribution in [0.2, 0.25) is 0 Å². The first-order valence-corrected chi connectivity index (χ1v) is 7.90. The molecule has 0 radical (unpaired) electrons. The van der Waals surface area contributed by atoms with Gasteiger partial charge in [-0.25, -0.2) is 18.4 Å². The van der Waals surface area contributed by atoms with Crippen LogP contribution in [0.5, 0.6) is 0 Å². The van der Waals surface area contributed by atoms with E-state index in [0.29, 0.717) is 18.9 Å². The van der Waals surface area contributed by atoms with Crippen molar-refractivity contribution in [3.8, 4) is 0 Å². The molecule has 0 spiro atoms. The summed E-state index contributed by atoms with van der Waals surface area (Å²) >= 11 is 0. The Kier molecular flexibility index (Phi) is 3.70. The molecular formula is C11H18N4O2S. The molecule has 0 bridgehead atoms. The van der Waals surface area contributed by atoms with E-state index in [1.54, 1.807) is 0 Å². The van der Waals surface area contributed by atoms with Gasteiger partial charge < -0.3 is 10.6 Å². The molecule has 1 aromatic rings. The van der Waals surface area contributed by atoms with Crippen LogP contribution in [0, 0.1) is 0 Å². The topological polar surface area (TPSA) is 89.2 Å². The van der Waals surface area contributed by atoms with Gasteiger partial charge in [-0.1, -0.05) is 13.3 Å². The maximum absolute atomic E-state index is 11.4. The van der Waals surface area contributed by atoms with Crippen molar-refractivity contribution < 1.29 is 8.42 Å². The minimum Gasteiger partial charge on any atom is -0.383 e. The van der Waals surface area contributed by atoms with Gasteiger partial charge in [0.1, 0.15) is 18.0 Å². The molecule has 1 aliphatic heterocycles. The number of hydrogen-bond acceptors (Lipinski definition) is 6. The van der Waals surface area contributed by atoms with Crippen molar-refractivity contribution in [2.75, 3.05) is 35.2 Å². The van der Waals surface area contributed by atoms with E-state index < -0.39 is 9.84 Å². The molecule has 2 N–H and O–H groups in total. The Morgan fingerprint density at radius 1 is 1.33 bits per heavy atom. The number of anilines is 2. The van der Waals surface area contributed by atoms with Crippen molar-refractivity contribution in [2.45, 2.75) is 19.8 Å². The van der Waals surface area contributed by atoms with Gasteiger partial charge in [-0.15, -0.1) is 0 Å².